The quantitative estimate of drug-likeness (QED) is 0.677. The standard InChI is InChI=1S/C17H29NS/c1-14(2)18-13-16(9-7-11-19-4)12-17-10-6-5-8-15(17)3/h5-6,8,10,14,16,18H,7,9,11-13H2,1-4H3. The van der Waals surface area contributed by atoms with Gasteiger partial charge in [-0.05, 0) is 61.8 Å². The van der Waals surface area contributed by atoms with Crippen LogP contribution in [0.25, 0.3) is 0 Å². The van der Waals surface area contributed by atoms with Crippen molar-refractivity contribution in [3.63, 3.8) is 0 Å². The van der Waals surface area contributed by atoms with Gasteiger partial charge in [-0.25, -0.2) is 0 Å². The summed E-state index contributed by atoms with van der Waals surface area (Å²) in [6.07, 6.45) is 6.07. The predicted octanol–water partition coefficient (Wildman–Crippen LogP) is 4.29. The van der Waals surface area contributed by atoms with E-state index < -0.39 is 0 Å². The molecule has 19 heavy (non-hydrogen) atoms. The van der Waals surface area contributed by atoms with Crippen molar-refractivity contribution < 1.29 is 0 Å². The number of nitrogens with one attached hydrogen (secondary N) is 1. The Hall–Kier alpha value is -0.470. The van der Waals surface area contributed by atoms with Gasteiger partial charge >= 0.3 is 0 Å². The van der Waals surface area contributed by atoms with Gasteiger partial charge in [-0.3, -0.25) is 0 Å². The van der Waals surface area contributed by atoms with Gasteiger partial charge in [0.1, 0.15) is 0 Å². The fourth-order valence-corrected chi connectivity index (χ4v) is 2.80. The molecular formula is C17H29NS. The van der Waals surface area contributed by atoms with E-state index in [-0.39, 0.29) is 0 Å². The largest absolute Gasteiger partial charge is 0.314 e. The maximum atomic E-state index is 3.61. The number of thioether (sulfide) groups is 1. The van der Waals surface area contributed by atoms with E-state index in [4.69, 9.17) is 0 Å². The van der Waals surface area contributed by atoms with E-state index in [0.717, 1.165) is 12.5 Å². The zero-order valence-electron chi connectivity index (χ0n) is 12.9. The Labute approximate surface area is 123 Å². The highest BCUT2D eigenvalue weighted by atomic mass is 32.2. The molecule has 0 saturated heterocycles. The maximum absolute atomic E-state index is 3.61. The van der Waals surface area contributed by atoms with E-state index in [2.05, 4.69) is 56.6 Å². The van der Waals surface area contributed by atoms with Gasteiger partial charge in [0.2, 0.25) is 0 Å². The van der Waals surface area contributed by atoms with E-state index >= 15 is 0 Å². The van der Waals surface area contributed by atoms with Crippen LogP contribution in [0, 0.1) is 12.8 Å². The van der Waals surface area contributed by atoms with Crippen LogP contribution >= 0.6 is 11.8 Å². The summed E-state index contributed by atoms with van der Waals surface area (Å²) >= 11 is 1.96. The van der Waals surface area contributed by atoms with Crippen LogP contribution in [-0.4, -0.2) is 24.6 Å². The van der Waals surface area contributed by atoms with Crippen LogP contribution in [0.3, 0.4) is 0 Å². The molecule has 1 aromatic carbocycles. The molecule has 1 unspecified atom stereocenters. The molecule has 1 rings (SSSR count). The van der Waals surface area contributed by atoms with Crippen LogP contribution in [0.15, 0.2) is 24.3 Å². The monoisotopic (exact) mass is 279 g/mol. The highest BCUT2D eigenvalue weighted by molar-refractivity contribution is 7.98. The van der Waals surface area contributed by atoms with Crippen molar-refractivity contribution in [3.8, 4) is 0 Å². The summed E-state index contributed by atoms with van der Waals surface area (Å²) in [6.45, 7) is 7.82. The highest BCUT2D eigenvalue weighted by Gasteiger charge is 2.11. The van der Waals surface area contributed by atoms with Crippen LogP contribution in [0.1, 0.15) is 37.8 Å². The van der Waals surface area contributed by atoms with Crippen molar-refractivity contribution in [3.05, 3.63) is 35.4 Å². The molecule has 1 aromatic rings. The Balaban J connectivity index is 2.54. The van der Waals surface area contributed by atoms with Crippen molar-refractivity contribution in [1.29, 1.82) is 0 Å². The lowest BCUT2D eigenvalue weighted by Crippen LogP contribution is -2.30. The molecule has 1 N–H and O–H groups in total. The molecule has 0 bridgehead atoms. The van der Waals surface area contributed by atoms with Crippen molar-refractivity contribution >= 4 is 11.8 Å². The minimum atomic E-state index is 0.583. The number of rotatable bonds is 9. The maximum Gasteiger partial charge on any atom is 0.00104 e. The zero-order chi connectivity index (χ0) is 14.1. The molecular weight excluding hydrogens is 250 g/mol. The molecule has 0 aliphatic rings. The Kier molecular flexibility index (Phi) is 8.24. The minimum absolute atomic E-state index is 0.583. The van der Waals surface area contributed by atoms with Crippen molar-refractivity contribution in [2.24, 2.45) is 5.92 Å². The first-order valence-electron chi connectivity index (χ1n) is 7.40. The predicted molar refractivity (Wildman–Crippen MR) is 89.1 cm³/mol. The summed E-state index contributed by atoms with van der Waals surface area (Å²) < 4.78 is 0. The number of aryl methyl sites for hydroxylation is 1. The summed E-state index contributed by atoms with van der Waals surface area (Å²) in [7, 11) is 0. The number of hydrogen-bond donors (Lipinski definition) is 1. The molecule has 1 nitrogen and oxygen atoms in total. The minimum Gasteiger partial charge on any atom is -0.314 e. The third-order valence-electron chi connectivity index (χ3n) is 3.55. The Morgan fingerprint density at radius 3 is 2.58 bits per heavy atom. The lowest BCUT2D eigenvalue weighted by Gasteiger charge is -2.20. The van der Waals surface area contributed by atoms with Crippen LogP contribution < -0.4 is 5.32 Å². The third kappa shape index (κ3) is 7.03. The Morgan fingerprint density at radius 1 is 1.21 bits per heavy atom. The molecule has 0 spiro atoms. The second kappa shape index (κ2) is 9.44. The van der Waals surface area contributed by atoms with Crippen molar-refractivity contribution in [1.82, 2.24) is 5.32 Å². The SMILES string of the molecule is CSCCCC(CNC(C)C)Cc1ccccc1C. The van der Waals surface area contributed by atoms with Gasteiger partial charge in [0.05, 0.1) is 0 Å². The van der Waals surface area contributed by atoms with Crippen LogP contribution in [0.5, 0.6) is 0 Å². The van der Waals surface area contributed by atoms with Gasteiger partial charge in [0, 0.05) is 6.04 Å². The summed E-state index contributed by atoms with van der Waals surface area (Å²) in [6, 6.07) is 9.39. The zero-order valence-corrected chi connectivity index (χ0v) is 13.7. The molecule has 0 radical (unpaired) electrons. The van der Waals surface area contributed by atoms with Crippen LogP contribution in [0.2, 0.25) is 0 Å². The average Bonchev–Trinajstić information content (AvgIpc) is 2.38. The van der Waals surface area contributed by atoms with Crippen molar-refractivity contribution in [2.75, 3.05) is 18.6 Å². The third-order valence-corrected chi connectivity index (χ3v) is 4.24. The summed E-state index contributed by atoms with van der Waals surface area (Å²) in [5.74, 6) is 2.04. The Morgan fingerprint density at radius 2 is 1.95 bits per heavy atom. The van der Waals surface area contributed by atoms with Crippen LogP contribution in [-0.2, 0) is 6.42 Å². The first kappa shape index (κ1) is 16.6. The molecule has 1 atom stereocenters. The van der Waals surface area contributed by atoms with Gasteiger partial charge in [-0.15, -0.1) is 0 Å². The fourth-order valence-electron chi connectivity index (χ4n) is 2.35. The highest BCUT2D eigenvalue weighted by Crippen LogP contribution is 2.18. The summed E-state index contributed by atoms with van der Waals surface area (Å²) in [5, 5.41) is 3.61. The molecule has 108 valence electrons. The molecule has 0 aromatic heterocycles. The normalized spacial score (nSPS) is 12.9. The lowest BCUT2D eigenvalue weighted by atomic mass is 9.92. The first-order chi connectivity index (χ1) is 9.13. The number of hydrogen-bond acceptors (Lipinski definition) is 2. The van der Waals surface area contributed by atoms with E-state index in [0.29, 0.717) is 6.04 Å². The van der Waals surface area contributed by atoms with Gasteiger partial charge < -0.3 is 5.32 Å². The molecule has 0 saturated carbocycles. The fraction of sp³-hybridized carbons (Fsp3) is 0.647. The molecule has 0 heterocycles. The van der Waals surface area contributed by atoms with Gasteiger partial charge in [-0.1, -0.05) is 38.1 Å². The lowest BCUT2D eigenvalue weighted by molar-refractivity contribution is 0.419. The Bertz CT molecular complexity index is 349. The van der Waals surface area contributed by atoms with Gasteiger partial charge in [0.15, 0.2) is 0 Å². The van der Waals surface area contributed by atoms with E-state index in [1.165, 1.54) is 36.1 Å². The molecule has 0 amide bonds. The first-order valence-corrected chi connectivity index (χ1v) is 8.79. The van der Waals surface area contributed by atoms with Gasteiger partial charge in [0.25, 0.3) is 0 Å². The molecule has 2 heteroatoms. The van der Waals surface area contributed by atoms with E-state index in [1.807, 2.05) is 11.8 Å². The average molecular weight is 279 g/mol. The smallest absolute Gasteiger partial charge is 0.00104 e. The molecule has 0 aliphatic heterocycles. The second-order valence-electron chi connectivity index (χ2n) is 5.69. The molecule has 0 aliphatic carbocycles. The van der Waals surface area contributed by atoms with E-state index in [9.17, 15) is 0 Å². The molecule has 0 fully saturated rings. The van der Waals surface area contributed by atoms with Crippen LogP contribution in [0.4, 0.5) is 0 Å². The topological polar surface area (TPSA) is 12.0 Å². The number of benzene rings is 1. The van der Waals surface area contributed by atoms with Crippen molar-refractivity contribution in [2.45, 2.75) is 46.1 Å². The summed E-state index contributed by atoms with van der Waals surface area (Å²) in [5.41, 5.74) is 2.95. The summed E-state index contributed by atoms with van der Waals surface area (Å²) in [4.78, 5) is 0. The van der Waals surface area contributed by atoms with Gasteiger partial charge in [-0.2, -0.15) is 11.8 Å². The second-order valence-corrected chi connectivity index (χ2v) is 6.68. The van der Waals surface area contributed by atoms with E-state index in [1.54, 1.807) is 0 Å².